The number of aryl methyl sites for hydroxylation is 2. The molecule has 0 aliphatic carbocycles. The molecule has 0 atom stereocenters. The van der Waals surface area contributed by atoms with Crippen molar-refractivity contribution in [3.63, 3.8) is 0 Å². The fourth-order valence-electron chi connectivity index (χ4n) is 2.25. The topological polar surface area (TPSA) is 55.4 Å². The van der Waals surface area contributed by atoms with Crippen LogP contribution in [-0.2, 0) is 14.3 Å². The van der Waals surface area contributed by atoms with E-state index in [1.54, 1.807) is 18.2 Å². The van der Waals surface area contributed by atoms with E-state index in [4.69, 9.17) is 27.9 Å². The summed E-state index contributed by atoms with van der Waals surface area (Å²) in [5, 5.41) is 3.81. The molecule has 0 saturated carbocycles. The van der Waals surface area contributed by atoms with Crippen molar-refractivity contribution in [2.45, 2.75) is 25.2 Å². The number of carbonyl (C=O) groups is 2. The molecule has 0 unspecified atom stereocenters. The standard InChI is InChI=1S/C19H19Cl2NO3S/c1-12-9-13(2)19(16(21)10-12)22-17(23)11-25-18(24)7-8-26-15-5-3-14(20)4-6-15/h3-6,9-10H,7-8,11H2,1-2H3,(H,22,23). The van der Waals surface area contributed by atoms with E-state index in [1.807, 2.05) is 32.0 Å². The molecule has 0 fully saturated rings. The number of amides is 1. The van der Waals surface area contributed by atoms with E-state index < -0.39 is 11.9 Å². The van der Waals surface area contributed by atoms with Crippen LogP contribution in [0.5, 0.6) is 0 Å². The van der Waals surface area contributed by atoms with E-state index in [9.17, 15) is 9.59 Å². The number of hydrogen-bond donors (Lipinski definition) is 1. The summed E-state index contributed by atoms with van der Waals surface area (Å²) in [4.78, 5) is 24.7. The molecule has 138 valence electrons. The smallest absolute Gasteiger partial charge is 0.307 e. The lowest BCUT2D eigenvalue weighted by Crippen LogP contribution is -2.21. The minimum absolute atomic E-state index is 0.213. The van der Waals surface area contributed by atoms with Gasteiger partial charge in [-0.2, -0.15) is 0 Å². The van der Waals surface area contributed by atoms with Crippen LogP contribution >= 0.6 is 35.0 Å². The summed E-state index contributed by atoms with van der Waals surface area (Å²) in [7, 11) is 0. The Hall–Kier alpha value is -1.69. The summed E-state index contributed by atoms with van der Waals surface area (Å²) in [6.45, 7) is 3.44. The van der Waals surface area contributed by atoms with Crippen LogP contribution in [0.3, 0.4) is 0 Å². The van der Waals surface area contributed by atoms with Crippen molar-refractivity contribution >= 4 is 52.5 Å². The molecule has 0 radical (unpaired) electrons. The molecule has 0 spiro atoms. The number of hydrogen-bond acceptors (Lipinski definition) is 4. The Morgan fingerprint density at radius 2 is 1.81 bits per heavy atom. The molecule has 0 saturated heterocycles. The zero-order valence-electron chi connectivity index (χ0n) is 14.5. The number of benzene rings is 2. The van der Waals surface area contributed by atoms with Gasteiger partial charge in [0.15, 0.2) is 6.61 Å². The highest BCUT2D eigenvalue weighted by Crippen LogP contribution is 2.27. The first kappa shape index (κ1) is 20.6. The van der Waals surface area contributed by atoms with Gasteiger partial charge in [0.25, 0.3) is 5.91 Å². The lowest BCUT2D eigenvalue weighted by Gasteiger charge is -2.11. The predicted molar refractivity (Wildman–Crippen MR) is 107 cm³/mol. The zero-order valence-corrected chi connectivity index (χ0v) is 16.8. The molecule has 1 amide bonds. The second-order valence-electron chi connectivity index (χ2n) is 5.70. The summed E-state index contributed by atoms with van der Waals surface area (Å²) >= 11 is 13.5. The Morgan fingerprint density at radius 3 is 2.46 bits per heavy atom. The van der Waals surface area contributed by atoms with Gasteiger partial charge in [0.05, 0.1) is 17.1 Å². The van der Waals surface area contributed by atoms with E-state index in [-0.39, 0.29) is 13.0 Å². The van der Waals surface area contributed by atoms with E-state index >= 15 is 0 Å². The molecule has 4 nitrogen and oxygen atoms in total. The van der Waals surface area contributed by atoms with Crippen molar-refractivity contribution in [2.75, 3.05) is 17.7 Å². The minimum Gasteiger partial charge on any atom is -0.456 e. The second kappa shape index (κ2) is 9.86. The third-order valence-corrected chi connectivity index (χ3v) is 5.01. The van der Waals surface area contributed by atoms with Crippen molar-refractivity contribution in [3.8, 4) is 0 Å². The van der Waals surface area contributed by atoms with Crippen LogP contribution in [0, 0.1) is 13.8 Å². The van der Waals surface area contributed by atoms with E-state index in [0.717, 1.165) is 16.0 Å². The minimum atomic E-state index is -0.423. The van der Waals surface area contributed by atoms with Crippen molar-refractivity contribution in [1.82, 2.24) is 0 Å². The van der Waals surface area contributed by atoms with Crippen molar-refractivity contribution in [3.05, 3.63) is 57.6 Å². The summed E-state index contributed by atoms with van der Waals surface area (Å²) in [5.74, 6) is -0.281. The lowest BCUT2D eigenvalue weighted by molar-refractivity contribution is -0.146. The Morgan fingerprint density at radius 1 is 1.12 bits per heavy atom. The van der Waals surface area contributed by atoms with Gasteiger partial charge in [0.2, 0.25) is 0 Å². The van der Waals surface area contributed by atoms with Gasteiger partial charge in [-0.1, -0.05) is 29.3 Å². The summed E-state index contributed by atoms with van der Waals surface area (Å²) in [6, 6.07) is 11.1. The van der Waals surface area contributed by atoms with Crippen LogP contribution in [-0.4, -0.2) is 24.2 Å². The molecule has 0 bridgehead atoms. The maximum Gasteiger partial charge on any atom is 0.307 e. The molecular weight excluding hydrogens is 393 g/mol. The number of carbonyl (C=O) groups excluding carboxylic acids is 2. The van der Waals surface area contributed by atoms with E-state index in [0.29, 0.717) is 21.5 Å². The van der Waals surface area contributed by atoms with Gasteiger partial charge in [-0.25, -0.2) is 0 Å². The van der Waals surface area contributed by atoms with Crippen molar-refractivity contribution < 1.29 is 14.3 Å². The highest BCUT2D eigenvalue weighted by atomic mass is 35.5. The van der Waals surface area contributed by atoms with Gasteiger partial charge in [0, 0.05) is 15.7 Å². The van der Waals surface area contributed by atoms with Gasteiger partial charge >= 0.3 is 5.97 Å². The van der Waals surface area contributed by atoms with Crippen LogP contribution in [0.15, 0.2) is 41.3 Å². The van der Waals surface area contributed by atoms with Crippen LogP contribution in [0.4, 0.5) is 5.69 Å². The first-order chi connectivity index (χ1) is 12.3. The van der Waals surface area contributed by atoms with Gasteiger partial charge < -0.3 is 10.1 Å². The number of rotatable bonds is 7. The largest absolute Gasteiger partial charge is 0.456 e. The molecule has 0 aromatic heterocycles. The number of esters is 1. The van der Waals surface area contributed by atoms with Gasteiger partial charge in [-0.15, -0.1) is 11.8 Å². The average molecular weight is 412 g/mol. The van der Waals surface area contributed by atoms with Gasteiger partial charge in [0.1, 0.15) is 0 Å². The molecule has 7 heteroatoms. The normalized spacial score (nSPS) is 10.5. The molecule has 26 heavy (non-hydrogen) atoms. The Bertz CT molecular complexity index is 771. The van der Waals surface area contributed by atoms with E-state index in [1.165, 1.54) is 11.8 Å². The predicted octanol–water partition coefficient (Wildman–Crippen LogP) is 5.27. The number of halogens is 2. The van der Waals surface area contributed by atoms with Crippen LogP contribution < -0.4 is 5.32 Å². The van der Waals surface area contributed by atoms with Crippen molar-refractivity contribution in [1.29, 1.82) is 0 Å². The summed E-state index contributed by atoms with van der Waals surface area (Å²) in [6.07, 6.45) is 0.213. The molecule has 0 heterocycles. The third-order valence-electron chi connectivity index (χ3n) is 3.45. The number of ether oxygens (including phenoxy) is 1. The number of thioether (sulfide) groups is 1. The molecule has 1 N–H and O–H groups in total. The summed E-state index contributed by atoms with van der Waals surface area (Å²) in [5.41, 5.74) is 2.40. The fourth-order valence-corrected chi connectivity index (χ4v) is 3.58. The number of anilines is 1. The molecule has 2 aromatic rings. The summed E-state index contributed by atoms with van der Waals surface area (Å²) < 4.78 is 5.01. The molecule has 2 aromatic carbocycles. The average Bonchev–Trinajstić information content (AvgIpc) is 2.58. The van der Waals surface area contributed by atoms with Crippen LogP contribution in [0.25, 0.3) is 0 Å². The first-order valence-corrected chi connectivity index (χ1v) is 9.70. The fraction of sp³-hybridized carbons (Fsp3) is 0.263. The third kappa shape index (κ3) is 6.56. The first-order valence-electron chi connectivity index (χ1n) is 7.95. The highest BCUT2D eigenvalue weighted by molar-refractivity contribution is 7.99. The molecule has 2 rings (SSSR count). The Kier molecular flexibility index (Phi) is 7.82. The molecular formula is C19H19Cl2NO3S. The lowest BCUT2D eigenvalue weighted by atomic mass is 10.1. The Balaban J connectivity index is 1.73. The van der Waals surface area contributed by atoms with E-state index in [2.05, 4.69) is 5.32 Å². The highest BCUT2D eigenvalue weighted by Gasteiger charge is 2.12. The van der Waals surface area contributed by atoms with Gasteiger partial charge in [-0.05, 0) is 55.3 Å². The quantitative estimate of drug-likeness (QED) is 0.497. The maximum absolute atomic E-state index is 12.0. The zero-order chi connectivity index (χ0) is 19.1. The second-order valence-corrected chi connectivity index (χ2v) is 7.71. The molecule has 0 aliphatic rings. The Labute approximate surface area is 167 Å². The monoisotopic (exact) mass is 411 g/mol. The number of nitrogens with one attached hydrogen (secondary N) is 1. The van der Waals surface area contributed by atoms with Gasteiger partial charge in [-0.3, -0.25) is 9.59 Å². The molecule has 0 aliphatic heterocycles. The SMILES string of the molecule is Cc1cc(C)c(NC(=O)COC(=O)CCSc2ccc(Cl)cc2)c(Cl)c1. The van der Waals surface area contributed by atoms with Crippen LogP contribution in [0.2, 0.25) is 10.0 Å². The maximum atomic E-state index is 12.0. The van der Waals surface area contributed by atoms with Crippen molar-refractivity contribution in [2.24, 2.45) is 0 Å². The van der Waals surface area contributed by atoms with Crippen LogP contribution in [0.1, 0.15) is 17.5 Å².